The van der Waals surface area contributed by atoms with Gasteiger partial charge in [-0.05, 0) is 61.7 Å². The van der Waals surface area contributed by atoms with Crippen LogP contribution >= 0.6 is 11.6 Å². The van der Waals surface area contributed by atoms with Gasteiger partial charge in [0, 0.05) is 30.9 Å². The molecule has 1 atom stereocenters. The lowest BCUT2D eigenvalue weighted by Crippen LogP contribution is -2.43. The Morgan fingerprint density at radius 3 is 2.74 bits per heavy atom. The molecule has 228 valence electrons. The highest BCUT2D eigenvalue weighted by molar-refractivity contribution is 6.31. The highest BCUT2D eigenvalue weighted by Gasteiger charge is 2.26. The lowest BCUT2D eigenvalue weighted by molar-refractivity contribution is -0.118. The third-order valence-electron chi connectivity index (χ3n) is 7.13. The van der Waals surface area contributed by atoms with Crippen LogP contribution in [-0.2, 0) is 14.3 Å². The maximum atomic E-state index is 14.6. The Kier molecular flexibility index (Phi) is 9.78. The summed E-state index contributed by atoms with van der Waals surface area (Å²) in [5, 5.41) is 11.1. The summed E-state index contributed by atoms with van der Waals surface area (Å²) in [7, 11) is 3.07. The average molecular weight is 613 g/mol. The lowest BCUT2D eigenvalue weighted by Gasteiger charge is -2.32. The zero-order chi connectivity index (χ0) is 31.3. The third kappa shape index (κ3) is 7.19. The van der Waals surface area contributed by atoms with E-state index in [1.54, 1.807) is 36.5 Å². The second-order valence-corrected chi connectivity index (χ2v) is 10.4. The van der Waals surface area contributed by atoms with E-state index in [4.69, 9.17) is 23.2 Å². The minimum atomic E-state index is -0.740. The van der Waals surface area contributed by atoms with Gasteiger partial charge in [0.1, 0.15) is 5.70 Å². The van der Waals surface area contributed by atoms with Gasteiger partial charge in [-0.1, -0.05) is 24.1 Å². The highest BCUT2D eigenvalue weighted by Crippen LogP contribution is 2.33. The number of hydrogen-bond acceptors (Lipinski definition) is 9. The van der Waals surface area contributed by atoms with Crippen molar-refractivity contribution in [3.63, 3.8) is 0 Å². The Bertz CT molecular complexity index is 1530. The van der Waals surface area contributed by atoms with E-state index in [9.17, 15) is 18.8 Å². The van der Waals surface area contributed by atoms with Crippen molar-refractivity contribution in [3.8, 4) is 0 Å². The monoisotopic (exact) mass is 612 g/mol. The topological polar surface area (TPSA) is 167 Å². The first kappa shape index (κ1) is 31.2. The van der Waals surface area contributed by atoms with E-state index in [1.807, 2.05) is 6.08 Å². The molecule has 0 saturated carbocycles. The van der Waals surface area contributed by atoms with E-state index in [2.05, 4.69) is 26.1 Å². The number of anilines is 3. The van der Waals surface area contributed by atoms with E-state index >= 15 is 0 Å². The molecule has 0 radical (unpaired) electrons. The van der Waals surface area contributed by atoms with Crippen molar-refractivity contribution in [2.24, 2.45) is 11.6 Å². The largest absolute Gasteiger partial charge is 0.453 e. The van der Waals surface area contributed by atoms with Gasteiger partial charge in [-0.15, -0.1) is 0 Å². The molecule has 0 aliphatic carbocycles. The first-order valence-corrected chi connectivity index (χ1v) is 13.8. The number of hydrogen-bond donors (Lipinski definition) is 6. The molecule has 3 amide bonds. The van der Waals surface area contributed by atoms with Gasteiger partial charge in [-0.2, -0.15) is 0 Å². The summed E-state index contributed by atoms with van der Waals surface area (Å²) >= 11 is 5.89. The second kappa shape index (κ2) is 13.5. The van der Waals surface area contributed by atoms with E-state index in [0.717, 1.165) is 10.6 Å². The summed E-state index contributed by atoms with van der Waals surface area (Å²) in [6.45, 7) is 1.50. The number of fused-ring (bicyclic) bond motifs is 3. The van der Waals surface area contributed by atoms with Crippen LogP contribution in [0.3, 0.4) is 0 Å². The maximum absolute atomic E-state index is 14.6. The van der Waals surface area contributed by atoms with Crippen LogP contribution in [0.4, 0.5) is 26.2 Å². The minimum absolute atomic E-state index is 0.0385. The summed E-state index contributed by atoms with van der Waals surface area (Å²) in [5.74, 6) is 4.58. The Labute approximate surface area is 253 Å². The molecule has 2 heterocycles. The number of nitrogens with one attached hydrogen (secondary N) is 4. The van der Waals surface area contributed by atoms with Gasteiger partial charge in [-0.25, -0.2) is 15.0 Å². The molecule has 0 aromatic heterocycles. The Hall–Kier alpha value is -4.75. The molecule has 14 heteroatoms. The quantitative estimate of drug-likeness (QED) is 0.167. The molecular formula is C29H34ClFN8O4. The van der Waals surface area contributed by atoms with E-state index in [0.29, 0.717) is 41.9 Å². The van der Waals surface area contributed by atoms with Crippen molar-refractivity contribution in [2.75, 3.05) is 29.8 Å². The Balaban J connectivity index is 1.66. The first-order valence-electron chi connectivity index (χ1n) is 13.5. The van der Waals surface area contributed by atoms with Crippen LogP contribution < -0.4 is 38.0 Å². The molecule has 4 rings (SSSR count). The molecular weight excluding hydrogens is 579 g/mol. The Morgan fingerprint density at radius 1 is 1.23 bits per heavy atom. The number of carbonyl (C=O) groups excluding carboxylic acids is 3. The minimum Gasteiger partial charge on any atom is -0.453 e. The zero-order valence-electron chi connectivity index (χ0n) is 24.0. The van der Waals surface area contributed by atoms with Crippen molar-refractivity contribution < 1.29 is 23.5 Å². The number of benzene rings is 2. The van der Waals surface area contributed by atoms with Crippen LogP contribution in [0.1, 0.15) is 38.2 Å². The normalized spacial score (nSPS) is 17.3. The number of nitrogens with zero attached hydrogens (tertiary/aromatic N) is 2. The predicted molar refractivity (Wildman–Crippen MR) is 163 cm³/mol. The summed E-state index contributed by atoms with van der Waals surface area (Å²) in [5.41, 5.74) is 12.3. The molecule has 0 fully saturated rings. The van der Waals surface area contributed by atoms with Crippen LogP contribution in [0.5, 0.6) is 0 Å². The molecule has 2 aromatic carbocycles. The fourth-order valence-corrected chi connectivity index (χ4v) is 4.84. The van der Waals surface area contributed by atoms with Crippen molar-refractivity contribution >= 4 is 52.3 Å². The summed E-state index contributed by atoms with van der Waals surface area (Å²) in [6.07, 6.45) is 4.95. The molecule has 12 nitrogen and oxygen atoms in total. The molecule has 1 unspecified atom stereocenters. The molecule has 2 aliphatic heterocycles. The third-order valence-corrected chi connectivity index (χ3v) is 7.42. The maximum Gasteiger partial charge on any atom is 0.411 e. The summed E-state index contributed by atoms with van der Waals surface area (Å²) < 4.78 is 19.3. The van der Waals surface area contributed by atoms with Crippen molar-refractivity contribution in [3.05, 3.63) is 82.0 Å². The number of carbonyl (C=O) groups is 3. The number of methoxy groups -OCH3 is 1. The van der Waals surface area contributed by atoms with Gasteiger partial charge in [0.05, 0.1) is 40.9 Å². The average Bonchev–Trinajstić information content (AvgIpc) is 2.99. The molecule has 2 aromatic rings. The van der Waals surface area contributed by atoms with Crippen LogP contribution in [-0.4, -0.2) is 43.1 Å². The lowest BCUT2D eigenvalue weighted by atomic mass is 9.96. The number of halogens is 2. The van der Waals surface area contributed by atoms with E-state index in [-0.39, 0.29) is 34.4 Å². The predicted octanol–water partition coefficient (Wildman–Crippen LogP) is 3.90. The van der Waals surface area contributed by atoms with E-state index in [1.165, 1.54) is 32.2 Å². The highest BCUT2D eigenvalue weighted by atomic mass is 35.5. The van der Waals surface area contributed by atoms with Crippen molar-refractivity contribution in [1.82, 2.24) is 15.8 Å². The van der Waals surface area contributed by atoms with Crippen LogP contribution in [0.25, 0.3) is 5.70 Å². The van der Waals surface area contributed by atoms with Gasteiger partial charge in [0.15, 0.2) is 5.82 Å². The molecule has 0 spiro atoms. The fraction of sp³-hybridized carbons (Fsp3) is 0.276. The molecule has 2 bridgehead atoms. The number of amides is 3. The van der Waals surface area contributed by atoms with Crippen LogP contribution in [0.2, 0.25) is 5.02 Å². The fourth-order valence-electron chi connectivity index (χ4n) is 4.67. The number of ether oxygens (including phenoxy) is 1. The van der Waals surface area contributed by atoms with Crippen molar-refractivity contribution in [1.29, 1.82) is 0 Å². The van der Waals surface area contributed by atoms with E-state index < -0.39 is 23.9 Å². The summed E-state index contributed by atoms with van der Waals surface area (Å²) in [6, 6.07) is 8.96. The number of nitrogens with two attached hydrogens (primary N) is 2. The molecule has 8 N–H and O–H groups in total. The van der Waals surface area contributed by atoms with Gasteiger partial charge < -0.3 is 26.5 Å². The number of allylic oxidation sites excluding steroid dienone is 1. The SMILES string of the molecule is COC(=O)Nc1ccc2c(c1)NC(=O)CCCCC(NC(=O)/C(N)=C(\C)N(N)c1cccc(Cl)c1F)C1=CNN(C)C2=C1. The second-order valence-electron chi connectivity index (χ2n) is 10.0. The van der Waals surface area contributed by atoms with Gasteiger partial charge in [-0.3, -0.25) is 24.9 Å². The van der Waals surface area contributed by atoms with Gasteiger partial charge in [0.2, 0.25) is 5.91 Å². The standard InChI is InChI=1S/C29H34ClFN8O4/c1-16(39(33)23-9-6-7-20(30)26(23)31)27(32)28(41)37-21-8-4-5-10-25(40)36-22-14-18(35-29(42)43-3)11-12-19(22)24-13-17(21)15-34-38(24)2/h6-7,9,11-15,21,34H,4-5,8,10,32-33H2,1-3H3,(H,35,42)(H,36,40)(H,37,41)/b27-16-. The smallest absolute Gasteiger partial charge is 0.411 e. The number of hydrazine groups is 2. The van der Waals surface area contributed by atoms with Gasteiger partial charge >= 0.3 is 6.09 Å². The van der Waals surface area contributed by atoms with Crippen molar-refractivity contribution in [2.45, 2.75) is 38.6 Å². The zero-order valence-corrected chi connectivity index (χ0v) is 24.7. The van der Waals surface area contributed by atoms with Crippen LogP contribution in [0, 0.1) is 5.82 Å². The molecule has 2 aliphatic rings. The van der Waals surface area contributed by atoms with Gasteiger partial charge in [0.25, 0.3) is 5.91 Å². The number of rotatable bonds is 5. The Morgan fingerprint density at radius 2 is 2.00 bits per heavy atom. The first-order chi connectivity index (χ1) is 20.5. The molecule has 43 heavy (non-hydrogen) atoms. The summed E-state index contributed by atoms with van der Waals surface area (Å²) in [4.78, 5) is 37.9. The molecule has 0 saturated heterocycles. The van der Waals surface area contributed by atoms with Crippen LogP contribution in [0.15, 0.2) is 65.6 Å².